The van der Waals surface area contributed by atoms with Gasteiger partial charge in [-0.3, -0.25) is 0 Å². The maximum atomic E-state index is 13.8. The highest BCUT2D eigenvalue weighted by molar-refractivity contribution is 5.94. The summed E-state index contributed by atoms with van der Waals surface area (Å²) in [6, 6.07) is 29.9. The molecule has 1 heterocycles. The Balaban J connectivity index is 1.42. The van der Waals surface area contributed by atoms with E-state index in [2.05, 4.69) is 41.8 Å². The van der Waals surface area contributed by atoms with Crippen molar-refractivity contribution in [2.75, 3.05) is 0 Å². The molecule has 0 aliphatic heterocycles. The van der Waals surface area contributed by atoms with Crippen LogP contribution in [0.25, 0.3) is 21.8 Å². The molecule has 0 aliphatic carbocycles. The van der Waals surface area contributed by atoms with Crippen LogP contribution in [0, 0.1) is 6.92 Å². The second kappa shape index (κ2) is 11.2. The van der Waals surface area contributed by atoms with E-state index in [9.17, 15) is 13.2 Å². The third-order valence-corrected chi connectivity index (χ3v) is 7.24. The molecule has 0 spiro atoms. The van der Waals surface area contributed by atoms with Crippen molar-refractivity contribution in [2.24, 2.45) is 7.05 Å². The topological polar surface area (TPSA) is 22.3 Å². The first-order valence-electron chi connectivity index (χ1n) is 13.0. The smallest absolute Gasteiger partial charge is 0.369 e. The number of hydrogen-bond acceptors (Lipinski definition) is 2. The lowest BCUT2D eigenvalue weighted by molar-refractivity contribution is -0.617. The maximum absolute atomic E-state index is 13.8. The summed E-state index contributed by atoms with van der Waals surface area (Å²) in [5, 5.41) is 2.05. The molecule has 39 heavy (non-hydrogen) atoms. The number of ether oxygens (including phenoxy) is 2. The quantitative estimate of drug-likeness (QED) is 0.149. The van der Waals surface area contributed by atoms with E-state index in [1.807, 2.05) is 50.4 Å². The minimum Gasteiger partial charge on any atom is -0.369 e. The molecule has 0 N–H and O–H groups in total. The van der Waals surface area contributed by atoms with E-state index in [0.717, 1.165) is 38.5 Å². The van der Waals surface area contributed by atoms with Gasteiger partial charge in [-0.15, -0.1) is 0 Å². The minimum absolute atomic E-state index is 0.0327. The largest absolute Gasteiger partial charge is 0.418 e. The van der Waals surface area contributed by atoms with Crippen LogP contribution in [-0.2, 0) is 29.7 Å². The van der Waals surface area contributed by atoms with E-state index >= 15 is 0 Å². The molecule has 4 aromatic carbocycles. The second-order valence-corrected chi connectivity index (χ2v) is 9.89. The zero-order chi connectivity index (χ0) is 27.6. The fraction of sp³-hybridized carbons (Fsp3) is 0.242. The highest BCUT2D eigenvalue weighted by atomic mass is 19.4. The Hall–Kier alpha value is -3.74. The zero-order valence-corrected chi connectivity index (χ0v) is 22.2. The number of benzene rings is 4. The molecule has 0 bridgehead atoms. The normalized spacial score (nSPS) is 13.6. The summed E-state index contributed by atoms with van der Waals surface area (Å²) in [6.45, 7) is 4.41. The molecule has 2 unspecified atom stereocenters. The van der Waals surface area contributed by atoms with Gasteiger partial charge in [0.25, 0.3) is 0 Å². The Morgan fingerprint density at radius 2 is 1.18 bits per heavy atom. The Kier molecular flexibility index (Phi) is 7.69. The molecule has 0 fully saturated rings. The highest BCUT2D eigenvalue weighted by Crippen LogP contribution is 2.36. The minimum atomic E-state index is -4.51. The lowest BCUT2D eigenvalue weighted by atomic mass is 10.00. The van der Waals surface area contributed by atoms with Crippen molar-refractivity contribution in [1.82, 2.24) is 0 Å². The molecule has 0 saturated carbocycles. The molecule has 3 nitrogen and oxygen atoms in total. The molecule has 0 saturated heterocycles. The first-order chi connectivity index (χ1) is 18.7. The van der Waals surface area contributed by atoms with E-state index in [1.165, 1.54) is 12.1 Å². The van der Waals surface area contributed by atoms with Crippen molar-refractivity contribution < 1.29 is 27.2 Å². The first kappa shape index (κ1) is 26.9. The van der Waals surface area contributed by atoms with Gasteiger partial charge in [0.2, 0.25) is 11.0 Å². The number of rotatable bonds is 8. The van der Waals surface area contributed by atoms with Gasteiger partial charge in [0.05, 0.1) is 30.1 Å². The van der Waals surface area contributed by atoms with E-state index in [0.29, 0.717) is 12.2 Å². The van der Waals surface area contributed by atoms with Gasteiger partial charge in [0.15, 0.2) is 6.10 Å². The number of hydrogen-bond donors (Lipinski definition) is 0. The van der Waals surface area contributed by atoms with Crippen LogP contribution < -0.4 is 4.57 Å². The van der Waals surface area contributed by atoms with Crippen LogP contribution in [0.15, 0.2) is 97.1 Å². The molecular weight excluding hydrogens is 499 g/mol. The molecule has 5 aromatic rings. The summed E-state index contributed by atoms with van der Waals surface area (Å²) in [5.41, 5.74) is 6.10. The van der Waals surface area contributed by atoms with Gasteiger partial charge in [0, 0.05) is 12.1 Å². The average molecular weight is 531 g/mol. The van der Waals surface area contributed by atoms with Crippen LogP contribution in [0.3, 0.4) is 0 Å². The van der Waals surface area contributed by atoms with Gasteiger partial charge in [-0.25, -0.2) is 0 Å². The van der Waals surface area contributed by atoms with Gasteiger partial charge < -0.3 is 9.47 Å². The van der Waals surface area contributed by atoms with Gasteiger partial charge in [-0.2, -0.15) is 17.7 Å². The van der Waals surface area contributed by atoms with Crippen LogP contribution in [-0.4, -0.2) is 6.18 Å². The number of pyridine rings is 1. The molecule has 5 rings (SSSR count). The summed E-state index contributed by atoms with van der Waals surface area (Å²) in [7, 11) is 2.00. The van der Waals surface area contributed by atoms with Crippen molar-refractivity contribution in [3.05, 3.63) is 125 Å². The van der Waals surface area contributed by atoms with Gasteiger partial charge in [0.1, 0.15) is 7.05 Å². The Bertz CT molecular complexity index is 1580. The third kappa shape index (κ3) is 5.82. The number of halogens is 3. The molecule has 0 amide bonds. The zero-order valence-electron chi connectivity index (χ0n) is 22.2. The predicted molar refractivity (Wildman–Crippen MR) is 147 cm³/mol. The van der Waals surface area contributed by atoms with Crippen LogP contribution in [0.4, 0.5) is 13.2 Å². The van der Waals surface area contributed by atoms with E-state index < -0.39 is 12.3 Å². The van der Waals surface area contributed by atoms with Gasteiger partial charge >= 0.3 is 6.18 Å². The lowest BCUT2D eigenvalue weighted by Crippen LogP contribution is -2.30. The Labute approximate surface area is 226 Å². The summed E-state index contributed by atoms with van der Waals surface area (Å²) in [4.78, 5) is 0. The number of aromatic nitrogens is 1. The number of alkyl halides is 3. The molecule has 6 heteroatoms. The highest BCUT2D eigenvalue weighted by Gasteiger charge is 2.41. The summed E-state index contributed by atoms with van der Waals surface area (Å²) < 4.78 is 55.0. The molecule has 1 aromatic heterocycles. The Morgan fingerprint density at radius 3 is 1.69 bits per heavy atom. The van der Waals surface area contributed by atoms with Crippen molar-refractivity contribution in [1.29, 1.82) is 0 Å². The maximum Gasteiger partial charge on any atom is 0.418 e. The summed E-state index contributed by atoms with van der Waals surface area (Å²) >= 11 is 0. The van der Waals surface area contributed by atoms with E-state index in [1.54, 1.807) is 18.2 Å². The van der Waals surface area contributed by atoms with Gasteiger partial charge in [-0.1, -0.05) is 72.8 Å². The van der Waals surface area contributed by atoms with Crippen molar-refractivity contribution in [3.8, 4) is 0 Å². The standard InChI is InChI=1S/C33H31F3NO2/c1-22-28-18-24(20-38-23(2)26-10-6-4-7-11-26)14-16-30(28)37(3)31-17-15-25(19-29(22)31)21-39-32(33(34,35)36)27-12-8-5-9-13-27/h4-19,23,32H,20-21H2,1-3H3/q+1. The monoisotopic (exact) mass is 530 g/mol. The molecule has 2 atom stereocenters. The van der Waals surface area contributed by atoms with E-state index in [4.69, 9.17) is 9.47 Å². The average Bonchev–Trinajstić information content (AvgIpc) is 2.95. The predicted octanol–water partition coefficient (Wildman–Crippen LogP) is 8.22. The fourth-order valence-electron chi connectivity index (χ4n) is 5.04. The number of aryl methyl sites for hydroxylation is 2. The van der Waals surface area contributed by atoms with Crippen LogP contribution >= 0.6 is 0 Å². The summed E-state index contributed by atoms with van der Waals surface area (Å²) in [6.07, 6.45) is -6.52. The van der Waals surface area contributed by atoms with Gasteiger partial charge in [-0.05, 0) is 53.8 Å². The van der Waals surface area contributed by atoms with E-state index in [-0.39, 0.29) is 18.3 Å². The number of fused-ring (bicyclic) bond motifs is 2. The number of nitrogens with zero attached hydrogens (tertiary/aromatic N) is 1. The first-order valence-corrected chi connectivity index (χ1v) is 13.0. The molecule has 0 aliphatic rings. The van der Waals surface area contributed by atoms with Crippen LogP contribution in [0.5, 0.6) is 0 Å². The molecule has 0 radical (unpaired) electrons. The van der Waals surface area contributed by atoms with Crippen LogP contribution in [0.1, 0.15) is 46.9 Å². The second-order valence-electron chi connectivity index (χ2n) is 9.89. The molecular formula is C33H31F3NO2+. The summed E-state index contributed by atoms with van der Waals surface area (Å²) in [5.74, 6) is 0. The van der Waals surface area contributed by atoms with Crippen molar-refractivity contribution in [2.45, 2.75) is 45.4 Å². The van der Waals surface area contributed by atoms with Crippen molar-refractivity contribution in [3.63, 3.8) is 0 Å². The molecule has 200 valence electrons. The fourth-order valence-corrected chi connectivity index (χ4v) is 5.04. The lowest BCUT2D eigenvalue weighted by Gasteiger charge is -2.21. The SMILES string of the molecule is Cc1c2cc(COC(C)c3ccccc3)ccc2[n+](C)c2ccc(COC(c3ccccc3)C(F)(F)F)cc12. The van der Waals surface area contributed by atoms with Crippen molar-refractivity contribution >= 4 is 21.8 Å². The van der Waals surface area contributed by atoms with Crippen LogP contribution in [0.2, 0.25) is 0 Å². The Morgan fingerprint density at radius 1 is 0.692 bits per heavy atom. The third-order valence-electron chi connectivity index (χ3n) is 7.24.